The second kappa shape index (κ2) is 4.25. The second-order valence-electron chi connectivity index (χ2n) is 6.29. The molecule has 17 heavy (non-hydrogen) atoms. The number of hydrogen-bond acceptors (Lipinski definition) is 2. The summed E-state index contributed by atoms with van der Waals surface area (Å²) in [5.74, 6) is 0. The van der Waals surface area contributed by atoms with Crippen molar-refractivity contribution in [2.45, 2.75) is 58.0 Å². The van der Waals surface area contributed by atoms with Gasteiger partial charge in [0.1, 0.15) is 0 Å². The molecule has 2 aliphatic rings. The Labute approximate surface area is 113 Å². The Kier molecular flexibility index (Phi) is 3.00. The first-order valence-electron chi connectivity index (χ1n) is 6.58. The Morgan fingerprint density at radius 2 is 2.24 bits per heavy atom. The van der Waals surface area contributed by atoms with Crippen LogP contribution in [0.2, 0.25) is 4.34 Å². The number of rotatable bonds is 2. The molecule has 94 valence electrons. The zero-order valence-electron chi connectivity index (χ0n) is 10.6. The van der Waals surface area contributed by atoms with Crippen molar-refractivity contribution >= 4 is 22.9 Å². The first-order chi connectivity index (χ1) is 8.03. The van der Waals surface area contributed by atoms with Crippen LogP contribution in [-0.4, -0.2) is 6.04 Å². The molecular formula is C14H20ClNS. The fourth-order valence-corrected chi connectivity index (χ4v) is 4.72. The summed E-state index contributed by atoms with van der Waals surface area (Å²) < 4.78 is 0.952. The van der Waals surface area contributed by atoms with Crippen LogP contribution in [0.1, 0.15) is 56.0 Å². The normalized spacial score (nSPS) is 30.8. The summed E-state index contributed by atoms with van der Waals surface area (Å²) in [5.41, 5.74) is 2.01. The molecule has 1 aromatic rings. The van der Waals surface area contributed by atoms with Gasteiger partial charge in [-0.1, -0.05) is 25.4 Å². The van der Waals surface area contributed by atoms with E-state index in [2.05, 4.69) is 25.2 Å². The minimum atomic E-state index is 0.533. The maximum absolute atomic E-state index is 6.10. The number of halogens is 1. The Morgan fingerprint density at radius 1 is 1.41 bits per heavy atom. The highest BCUT2D eigenvalue weighted by Crippen LogP contribution is 2.42. The highest BCUT2D eigenvalue weighted by Gasteiger charge is 2.34. The molecule has 2 unspecified atom stereocenters. The molecule has 2 atom stereocenters. The largest absolute Gasteiger partial charge is 0.307 e. The number of thiophene rings is 1. The number of nitrogens with one attached hydrogen (secondary N) is 1. The van der Waals surface area contributed by atoms with E-state index in [1.165, 1.54) is 42.5 Å². The number of fused-ring (bicyclic) bond motifs is 1. The van der Waals surface area contributed by atoms with Crippen LogP contribution in [0.4, 0.5) is 0 Å². The molecule has 1 fully saturated rings. The molecule has 0 bridgehead atoms. The lowest BCUT2D eigenvalue weighted by molar-refractivity contribution is 0.352. The molecule has 0 amide bonds. The van der Waals surface area contributed by atoms with Crippen molar-refractivity contribution in [2.75, 3.05) is 0 Å². The van der Waals surface area contributed by atoms with Gasteiger partial charge < -0.3 is 5.32 Å². The fraction of sp³-hybridized carbons (Fsp3) is 0.714. The van der Waals surface area contributed by atoms with Gasteiger partial charge >= 0.3 is 0 Å². The summed E-state index contributed by atoms with van der Waals surface area (Å²) in [6.45, 7) is 4.77. The van der Waals surface area contributed by atoms with Gasteiger partial charge in [0.05, 0.1) is 4.34 Å². The lowest BCUT2D eigenvalue weighted by Gasteiger charge is -2.21. The summed E-state index contributed by atoms with van der Waals surface area (Å²) in [6.07, 6.45) is 6.47. The summed E-state index contributed by atoms with van der Waals surface area (Å²) in [4.78, 5) is 1.50. The zero-order chi connectivity index (χ0) is 12.0. The standard InChI is InChI=1S/C14H20ClNS/c1-14(2)6-5-9(8-14)16-11-3-4-12-10(11)7-13(15)17-12/h7,9,11,16H,3-6,8H2,1-2H3. The summed E-state index contributed by atoms with van der Waals surface area (Å²) in [5, 5.41) is 3.85. The van der Waals surface area contributed by atoms with Gasteiger partial charge in [-0.25, -0.2) is 0 Å². The van der Waals surface area contributed by atoms with Crippen molar-refractivity contribution in [1.29, 1.82) is 0 Å². The SMILES string of the molecule is CC1(C)CCC(NC2CCc3sc(Cl)cc32)C1. The highest BCUT2D eigenvalue weighted by atomic mass is 35.5. The van der Waals surface area contributed by atoms with Gasteiger partial charge in [0, 0.05) is 17.0 Å². The van der Waals surface area contributed by atoms with E-state index in [1.807, 2.05) is 0 Å². The minimum absolute atomic E-state index is 0.533. The van der Waals surface area contributed by atoms with Crippen LogP contribution in [0.15, 0.2) is 6.07 Å². The number of hydrogen-bond donors (Lipinski definition) is 1. The van der Waals surface area contributed by atoms with Crippen LogP contribution in [0, 0.1) is 5.41 Å². The molecule has 0 spiro atoms. The Bertz CT molecular complexity index is 424. The van der Waals surface area contributed by atoms with E-state index in [9.17, 15) is 0 Å². The molecule has 2 aliphatic carbocycles. The van der Waals surface area contributed by atoms with Crippen molar-refractivity contribution in [3.8, 4) is 0 Å². The van der Waals surface area contributed by atoms with E-state index in [1.54, 1.807) is 11.3 Å². The average molecular weight is 270 g/mol. The maximum atomic E-state index is 6.10. The monoisotopic (exact) mass is 269 g/mol. The first kappa shape index (κ1) is 12.0. The molecular weight excluding hydrogens is 250 g/mol. The highest BCUT2D eigenvalue weighted by molar-refractivity contribution is 7.16. The molecule has 1 N–H and O–H groups in total. The lowest BCUT2D eigenvalue weighted by atomic mass is 9.91. The molecule has 1 saturated carbocycles. The predicted molar refractivity (Wildman–Crippen MR) is 74.9 cm³/mol. The van der Waals surface area contributed by atoms with Crippen molar-refractivity contribution in [1.82, 2.24) is 5.32 Å². The third kappa shape index (κ3) is 2.40. The molecule has 0 saturated heterocycles. The van der Waals surface area contributed by atoms with Crippen LogP contribution in [0.3, 0.4) is 0 Å². The quantitative estimate of drug-likeness (QED) is 0.830. The van der Waals surface area contributed by atoms with Crippen LogP contribution in [0.25, 0.3) is 0 Å². The van der Waals surface area contributed by atoms with E-state index in [-0.39, 0.29) is 0 Å². The second-order valence-corrected chi connectivity index (χ2v) is 8.06. The summed E-state index contributed by atoms with van der Waals surface area (Å²) in [7, 11) is 0. The van der Waals surface area contributed by atoms with E-state index >= 15 is 0 Å². The fourth-order valence-electron chi connectivity index (χ4n) is 3.37. The average Bonchev–Trinajstić information content (AvgIpc) is 2.84. The van der Waals surface area contributed by atoms with Crippen LogP contribution in [-0.2, 0) is 6.42 Å². The van der Waals surface area contributed by atoms with Crippen LogP contribution >= 0.6 is 22.9 Å². The smallest absolute Gasteiger partial charge is 0.0934 e. The van der Waals surface area contributed by atoms with Gasteiger partial charge in [0.25, 0.3) is 0 Å². The molecule has 0 aromatic carbocycles. The molecule has 0 radical (unpaired) electrons. The molecule has 1 aromatic heterocycles. The summed E-state index contributed by atoms with van der Waals surface area (Å²) >= 11 is 7.86. The van der Waals surface area contributed by atoms with Crippen molar-refractivity contribution < 1.29 is 0 Å². The van der Waals surface area contributed by atoms with Crippen molar-refractivity contribution in [2.24, 2.45) is 5.41 Å². The maximum Gasteiger partial charge on any atom is 0.0934 e. The topological polar surface area (TPSA) is 12.0 Å². The third-order valence-electron chi connectivity index (χ3n) is 4.25. The van der Waals surface area contributed by atoms with Gasteiger partial charge in [-0.05, 0) is 49.1 Å². The van der Waals surface area contributed by atoms with Crippen LogP contribution < -0.4 is 5.32 Å². The molecule has 3 heteroatoms. The molecule has 3 rings (SSSR count). The summed E-state index contributed by atoms with van der Waals surface area (Å²) in [6, 6.07) is 3.44. The Hall–Kier alpha value is -0.0500. The minimum Gasteiger partial charge on any atom is -0.307 e. The van der Waals surface area contributed by atoms with Gasteiger partial charge in [-0.15, -0.1) is 11.3 Å². The van der Waals surface area contributed by atoms with Crippen molar-refractivity contribution in [3.05, 3.63) is 20.8 Å². The van der Waals surface area contributed by atoms with Gasteiger partial charge in [-0.2, -0.15) is 0 Å². The van der Waals surface area contributed by atoms with E-state index in [4.69, 9.17) is 11.6 Å². The van der Waals surface area contributed by atoms with Crippen molar-refractivity contribution in [3.63, 3.8) is 0 Å². The van der Waals surface area contributed by atoms with E-state index in [0.717, 1.165) is 4.34 Å². The van der Waals surface area contributed by atoms with Gasteiger partial charge in [-0.3, -0.25) is 0 Å². The molecule has 1 nitrogen and oxygen atoms in total. The van der Waals surface area contributed by atoms with E-state index in [0.29, 0.717) is 17.5 Å². The first-order valence-corrected chi connectivity index (χ1v) is 7.77. The Balaban J connectivity index is 1.68. The Morgan fingerprint density at radius 3 is 2.94 bits per heavy atom. The lowest BCUT2D eigenvalue weighted by Crippen LogP contribution is -2.30. The number of aryl methyl sites for hydroxylation is 1. The van der Waals surface area contributed by atoms with Gasteiger partial charge in [0.2, 0.25) is 0 Å². The third-order valence-corrected chi connectivity index (χ3v) is 5.59. The van der Waals surface area contributed by atoms with E-state index < -0.39 is 0 Å². The zero-order valence-corrected chi connectivity index (χ0v) is 12.1. The molecule has 0 aliphatic heterocycles. The molecule has 1 heterocycles. The predicted octanol–water partition coefficient (Wildman–Crippen LogP) is 4.56. The van der Waals surface area contributed by atoms with Gasteiger partial charge in [0.15, 0.2) is 0 Å². The van der Waals surface area contributed by atoms with Crippen LogP contribution in [0.5, 0.6) is 0 Å².